The Morgan fingerprint density at radius 1 is 0.897 bits per heavy atom. The number of amides is 5. The summed E-state index contributed by atoms with van der Waals surface area (Å²) in [4.78, 5) is 91.0. The predicted molar refractivity (Wildman–Crippen MR) is 257 cm³/mol. The summed E-state index contributed by atoms with van der Waals surface area (Å²) in [6.45, 7) is 5.17. The highest BCUT2D eigenvalue weighted by Gasteiger charge is 2.40. The Morgan fingerprint density at radius 3 is 2.35 bits per heavy atom. The number of hydrogen-bond acceptors (Lipinski definition) is 13. The number of carbonyl (C=O) groups is 6. The van der Waals surface area contributed by atoms with Gasteiger partial charge in [-0.3, -0.25) is 34.1 Å². The first-order valence-electron chi connectivity index (χ1n) is 23.1. The van der Waals surface area contributed by atoms with Gasteiger partial charge in [0.05, 0.1) is 39.7 Å². The molecule has 2 N–H and O–H groups in total. The fraction of sp³-hybridized carbons (Fsp3) is 0.440. The number of unbranched alkanes of at least 4 members (excludes halogenated alkanes) is 1. The second-order valence-electron chi connectivity index (χ2n) is 16.9. The molecule has 360 valence electrons. The Bertz CT molecular complexity index is 2490. The van der Waals surface area contributed by atoms with Crippen LogP contribution in [0.4, 0.5) is 17.2 Å². The second kappa shape index (κ2) is 23.8. The topological polar surface area (TPSA) is 199 Å². The number of likely N-dealkylation sites (N-methyl/N-ethyl adjacent to an activating group) is 1. The van der Waals surface area contributed by atoms with Crippen LogP contribution in [0.3, 0.4) is 0 Å². The lowest BCUT2D eigenvalue weighted by Gasteiger charge is -2.40. The van der Waals surface area contributed by atoms with Gasteiger partial charge in [-0.2, -0.15) is 0 Å². The quantitative estimate of drug-likeness (QED) is 0.0459. The lowest BCUT2D eigenvalue weighted by Crippen LogP contribution is -2.52. The summed E-state index contributed by atoms with van der Waals surface area (Å²) in [6, 6.07) is 17.5. The van der Waals surface area contributed by atoms with E-state index in [0.29, 0.717) is 130 Å². The van der Waals surface area contributed by atoms with Crippen molar-refractivity contribution in [2.24, 2.45) is 0 Å². The Kier molecular flexibility index (Phi) is 17.4. The molecule has 1 saturated heterocycles. The third kappa shape index (κ3) is 12.3. The van der Waals surface area contributed by atoms with Crippen molar-refractivity contribution < 1.29 is 47.7 Å². The molecule has 0 saturated carbocycles. The summed E-state index contributed by atoms with van der Waals surface area (Å²) in [5.74, 6) is 0.532. The number of carbonyl (C=O) groups excluding carboxylic acids is 6. The van der Waals surface area contributed by atoms with Crippen molar-refractivity contribution in [2.45, 2.75) is 89.9 Å². The van der Waals surface area contributed by atoms with E-state index in [9.17, 15) is 28.8 Å². The molecule has 0 aliphatic carbocycles. The summed E-state index contributed by atoms with van der Waals surface area (Å²) in [5.41, 5.74) is 4.74. The molecule has 5 amide bonds. The molecule has 3 aromatic carbocycles. The zero-order chi connectivity index (χ0) is 48.2. The fourth-order valence-corrected chi connectivity index (χ4v) is 8.85. The van der Waals surface area contributed by atoms with Gasteiger partial charge in [-0.25, -0.2) is 9.97 Å². The molecule has 4 heterocycles. The Balaban J connectivity index is 0.752. The van der Waals surface area contributed by atoms with E-state index in [2.05, 4.69) is 36.4 Å². The Hall–Kier alpha value is -6.08. The van der Waals surface area contributed by atoms with E-state index in [1.54, 1.807) is 55.6 Å². The van der Waals surface area contributed by atoms with E-state index in [1.165, 1.54) is 4.90 Å². The number of hydrogen-bond donors (Lipinski definition) is 2. The van der Waals surface area contributed by atoms with Crippen molar-refractivity contribution in [1.82, 2.24) is 20.2 Å². The molecule has 3 aliphatic heterocycles. The number of rotatable bonds is 24. The number of Topliss-reactive ketones (excluding diaryl/α,β-unsaturated/α-hetero) is 1. The predicted octanol–water partition coefficient (Wildman–Crippen LogP) is 6.18. The maximum atomic E-state index is 13.3. The number of benzene rings is 3. The van der Waals surface area contributed by atoms with Gasteiger partial charge in [-0.15, -0.1) is 0 Å². The molecule has 0 radical (unpaired) electrons. The van der Waals surface area contributed by atoms with Crippen molar-refractivity contribution >= 4 is 68.4 Å². The van der Waals surface area contributed by atoms with Gasteiger partial charge in [-0.05, 0) is 68.0 Å². The van der Waals surface area contributed by atoms with Crippen LogP contribution in [0.25, 0.3) is 0 Å². The summed E-state index contributed by atoms with van der Waals surface area (Å²) in [7, 11) is 3.34. The van der Waals surface area contributed by atoms with Crippen molar-refractivity contribution in [2.75, 3.05) is 68.9 Å². The maximum Gasteiger partial charge on any atom is 0.255 e. The van der Waals surface area contributed by atoms with Gasteiger partial charge in [0.15, 0.2) is 11.6 Å². The van der Waals surface area contributed by atoms with Crippen LogP contribution < -0.4 is 25.2 Å². The normalized spacial score (nSPS) is 16.7. The molecule has 3 aliphatic rings. The van der Waals surface area contributed by atoms with E-state index < -0.39 is 11.9 Å². The molecule has 18 heteroatoms. The van der Waals surface area contributed by atoms with E-state index in [-0.39, 0.29) is 61.3 Å². The standard InChI is InChI=1S/C50H58BrN7O10/c1-4-39-50(64)56(2)41-29-52-44(54-47(41)57(39)30-32-13-17-35(51)18-14-32)28-34-16-15-33(27-43(34)65-3)42(59)11-8-22-67-24-26-68-25-23-66-21-6-5-12-45(60)53-38-10-7-9-36-37(38)31-58(49(36)63)40-19-20-46(61)55-48(40)62/h7,9-10,13-18,27,29,39-40H,4-6,8,11-12,19-26,28,30-31H2,1-3H3,(H,53,60)(H,55,61,62)/t39-,40?/m1/s1. The van der Waals surface area contributed by atoms with Crippen LogP contribution in [0.2, 0.25) is 0 Å². The highest BCUT2D eigenvalue weighted by atomic mass is 79.9. The fourth-order valence-electron chi connectivity index (χ4n) is 8.59. The minimum Gasteiger partial charge on any atom is -0.496 e. The molecule has 1 aromatic heterocycles. The van der Waals surface area contributed by atoms with Gasteiger partial charge >= 0.3 is 0 Å². The average Bonchev–Trinajstić information content (AvgIpc) is 3.67. The van der Waals surface area contributed by atoms with Gasteiger partial charge in [0.25, 0.3) is 5.91 Å². The number of ketones is 1. The van der Waals surface area contributed by atoms with Crippen LogP contribution in [0, 0.1) is 0 Å². The van der Waals surface area contributed by atoms with Crippen LogP contribution in [-0.4, -0.2) is 116 Å². The number of nitrogens with zero attached hydrogens (tertiary/aromatic N) is 5. The maximum absolute atomic E-state index is 13.3. The van der Waals surface area contributed by atoms with Gasteiger partial charge in [0, 0.05) is 91.4 Å². The van der Waals surface area contributed by atoms with Crippen LogP contribution in [0.5, 0.6) is 5.75 Å². The lowest BCUT2D eigenvalue weighted by molar-refractivity contribution is -0.137. The molecule has 7 rings (SSSR count). The monoisotopic (exact) mass is 995 g/mol. The van der Waals surface area contributed by atoms with Crippen molar-refractivity contribution in [3.8, 4) is 5.75 Å². The number of halogens is 1. The third-order valence-electron chi connectivity index (χ3n) is 12.3. The van der Waals surface area contributed by atoms with E-state index in [1.807, 2.05) is 37.3 Å². The van der Waals surface area contributed by atoms with Gasteiger partial charge in [-0.1, -0.05) is 53.2 Å². The summed E-state index contributed by atoms with van der Waals surface area (Å²) < 4.78 is 23.7. The molecular formula is C50H58BrN7O10. The molecule has 4 aromatic rings. The number of nitrogens with one attached hydrogen (secondary N) is 2. The zero-order valence-electron chi connectivity index (χ0n) is 38.7. The zero-order valence-corrected chi connectivity index (χ0v) is 40.3. The van der Waals surface area contributed by atoms with Crippen molar-refractivity contribution in [1.29, 1.82) is 0 Å². The largest absolute Gasteiger partial charge is 0.496 e. The van der Waals surface area contributed by atoms with E-state index >= 15 is 0 Å². The van der Waals surface area contributed by atoms with Crippen LogP contribution in [-0.2, 0) is 52.9 Å². The molecule has 1 unspecified atom stereocenters. The van der Waals surface area contributed by atoms with Gasteiger partial charge in [0.2, 0.25) is 23.6 Å². The van der Waals surface area contributed by atoms with Gasteiger partial charge in [0.1, 0.15) is 29.3 Å². The third-order valence-corrected chi connectivity index (χ3v) is 12.8. The smallest absolute Gasteiger partial charge is 0.255 e. The molecule has 17 nitrogen and oxygen atoms in total. The molecule has 1 fully saturated rings. The van der Waals surface area contributed by atoms with Crippen molar-refractivity contribution in [3.63, 3.8) is 0 Å². The number of methoxy groups -OCH3 is 1. The number of fused-ring (bicyclic) bond motifs is 2. The van der Waals surface area contributed by atoms with Crippen LogP contribution in [0.1, 0.15) is 102 Å². The van der Waals surface area contributed by atoms with E-state index in [0.717, 1.165) is 15.6 Å². The molecule has 2 atom stereocenters. The average molecular weight is 997 g/mol. The Labute approximate surface area is 404 Å². The first kappa shape index (κ1) is 49.8. The summed E-state index contributed by atoms with van der Waals surface area (Å²) in [5, 5.41) is 5.21. The molecule has 0 spiro atoms. The van der Waals surface area contributed by atoms with Crippen LogP contribution >= 0.6 is 15.9 Å². The molecule has 68 heavy (non-hydrogen) atoms. The molecule has 0 bridgehead atoms. The SMILES string of the molecule is CC[C@@H]1C(=O)N(C)c2cnc(Cc3ccc(C(=O)CCCOCCOCCOCCCCC(=O)Nc4cccc5c4CN(C4CCC(=O)NC4=O)C5=O)cc3OC)nc2N1Cc1ccc(Br)cc1. The summed E-state index contributed by atoms with van der Waals surface area (Å²) in [6.07, 6.45) is 5.58. The number of imide groups is 1. The first-order valence-corrected chi connectivity index (χ1v) is 23.9. The van der Waals surface area contributed by atoms with E-state index in [4.69, 9.17) is 23.9 Å². The minimum absolute atomic E-state index is 0.00159. The lowest BCUT2D eigenvalue weighted by atomic mass is 10.0. The second-order valence-corrected chi connectivity index (χ2v) is 17.8. The number of anilines is 3. The highest BCUT2D eigenvalue weighted by molar-refractivity contribution is 9.10. The molecular weight excluding hydrogens is 938 g/mol. The minimum atomic E-state index is -0.722. The first-order chi connectivity index (χ1) is 32.9. The van der Waals surface area contributed by atoms with Crippen LogP contribution in [0.15, 0.2) is 71.3 Å². The van der Waals surface area contributed by atoms with Crippen molar-refractivity contribution in [3.05, 3.63) is 105 Å². The Morgan fingerprint density at radius 2 is 1.63 bits per heavy atom. The number of ether oxygens (including phenoxy) is 4. The number of aromatic nitrogens is 2. The van der Waals surface area contributed by atoms with Gasteiger partial charge < -0.3 is 39.0 Å². The number of piperidine rings is 1. The highest BCUT2D eigenvalue weighted by Crippen LogP contribution is 2.37. The summed E-state index contributed by atoms with van der Waals surface area (Å²) >= 11 is 3.50.